The zero-order valence-corrected chi connectivity index (χ0v) is 13.2. The molecule has 2 aromatic heterocycles. The van der Waals surface area contributed by atoms with Crippen LogP contribution in [-0.2, 0) is 11.8 Å². The lowest BCUT2D eigenvalue weighted by Gasteiger charge is -2.18. The van der Waals surface area contributed by atoms with Crippen molar-refractivity contribution in [3.05, 3.63) is 36.0 Å². The Hall–Kier alpha value is -2.48. The third kappa shape index (κ3) is 3.31. The highest BCUT2D eigenvalue weighted by atomic mass is 16.5. The molecule has 122 valence electrons. The van der Waals surface area contributed by atoms with E-state index in [1.54, 1.807) is 25.4 Å². The number of carbonyl (C=O) groups excluding carboxylic acids is 1. The second-order valence-corrected chi connectivity index (χ2v) is 5.50. The van der Waals surface area contributed by atoms with Gasteiger partial charge in [-0.1, -0.05) is 0 Å². The number of carbonyl (C=O) groups is 1. The average molecular weight is 316 g/mol. The lowest BCUT2D eigenvalue weighted by molar-refractivity contribution is 0.0839. The molecule has 1 fully saturated rings. The molecule has 0 spiro atoms. The van der Waals surface area contributed by atoms with Gasteiger partial charge in [0.25, 0.3) is 5.91 Å². The summed E-state index contributed by atoms with van der Waals surface area (Å²) in [5.41, 5.74) is 0.299. The molecule has 0 aliphatic carbocycles. The monoisotopic (exact) mass is 316 g/mol. The molecule has 8 nitrogen and oxygen atoms in total. The van der Waals surface area contributed by atoms with Gasteiger partial charge in [-0.15, -0.1) is 10.2 Å². The summed E-state index contributed by atoms with van der Waals surface area (Å²) in [6, 6.07) is 3.40. The molecule has 2 N–H and O–H groups in total. The summed E-state index contributed by atoms with van der Waals surface area (Å²) >= 11 is 0. The molecular formula is C15H20N6O2. The SMILES string of the molecule is CNC(=O)c1ccc(NC[C@@H]2CCO[C@H]2c2nccn2C)nn1. The number of hydrogen-bond donors (Lipinski definition) is 2. The van der Waals surface area contributed by atoms with E-state index in [-0.39, 0.29) is 12.0 Å². The Morgan fingerprint density at radius 1 is 1.43 bits per heavy atom. The summed E-state index contributed by atoms with van der Waals surface area (Å²) in [4.78, 5) is 15.8. The van der Waals surface area contributed by atoms with E-state index in [1.165, 1.54) is 0 Å². The number of rotatable bonds is 5. The Bertz CT molecular complexity index is 669. The predicted octanol–water partition coefficient (Wildman–Crippen LogP) is 0.759. The van der Waals surface area contributed by atoms with Crippen molar-refractivity contribution in [1.82, 2.24) is 25.1 Å². The standard InChI is InChI=1S/C15H20N6O2/c1-16-15(22)11-3-4-12(20-19-11)18-9-10-5-8-23-13(10)14-17-6-7-21(14)2/h3-4,6-7,10,13H,5,8-9H2,1-2H3,(H,16,22)(H,18,20)/t10-,13+/m0/s1. The fraction of sp³-hybridized carbons (Fsp3) is 0.467. The highest BCUT2D eigenvalue weighted by molar-refractivity contribution is 5.91. The Balaban J connectivity index is 1.61. The third-order valence-corrected chi connectivity index (χ3v) is 4.00. The van der Waals surface area contributed by atoms with Crippen molar-refractivity contribution in [2.45, 2.75) is 12.5 Å². The van der Waals surface area contributed by atoms with E-state index in [4.69, 9.17) is 4.74 Å². The molecule has 1 aliphatic heterocycles. The minimum Gasteiger partial charge on any atom is -0.370 e. The molecule has 0 saturated carbocycles. The molecule has 2 aromatic rings. The fourth-order valence-corrected chi connectivity index (χ4v) is 2.69. The summed E-state index contributed by atoms with van der Waals surface area (Å²) in [5.74, 6) is 1.65. The van der Waals surface area contributed by atoms with Gasteiger partial charge in [-0.25, -0.2) is 4.98 Å². The van der Waals surface area contributed by atoms with Crippen molar-refractivity contribution < 1.29 is 9.53 Å². The van der Waals surface area contributed by atoms with Crippen molar-refractivity contribution in [2.24, 2.45) is 13.0 Å². The number of ether oxygens (including phenoxy) is 1. The van der Waals surface area contributed by atoms with Gasteiger partial charge in [0.05, 0.1) is 0 Å². The highest BCUT2D eigenvalue weighted by Gasteiger charge is 2.32. The van der Waals surface area contributed by atoms with Gasteiger partial charge in [-0.2, -0.15) is 0 Å². The number of aromatic nitrogens is 4. The van der Waals surface area contributed by atoms with E-state index in [9.17, 15) is 4.79 Å². The van der Waals surface area contributed by atoms with Crippen LogP contribution in [0.3, 0.4) is 0 Å². The molecule has 1 aliphatic rings. The lowest BCUT2D eigenvalue weighted by atomic mass is 10.0. The fourth-order valence-electron chi connectivity index (χ4n) is 2.69. The largest absolute Gasteiger partial charge is 0.370 e. The normalized spacial score (nSPS) is 20.4. The molecule has 0 radical (unpaired) electrons. The maximum Gasteiger partial charge on any atom is 0.271 e. The van der Waals surface area contributed by atoms with Gasteiger partial charge in [0.2, 0.25) is 0 Å². The number of anilines is 1. The van der Waals surface area contributed by atoms with Gasteiger partial charge in [0.15, 0.2) is 5.69 Å². The zero-order chi connectivity index (χ0) is 16.2. The van der Waals surface area contributed by atoms with Crippen LogP contribution in [0, 0.1) is 5.92 Å². The molecule has 3 rings (SSSR count). The minimum atomic E-state index is -0.247. The van der Waals surface area contributed by atoms with E-state index < -0.39 is 0 Å². The smallest absolute Gasteiger partial charge is 0.271 e. The first-order valence-electron chi connectivity index (χ1n) is 7.57. The third-order valence-electron chi connectivity index (χ3n) is 4.00. The van der Waals surface area contributed by atoms with Gasteiger partial charge in [0.1, 0.15) is 17.7 Å². The van der Waals surface area contributed by atoms with Crippen LogP contribution in [-0.4, -0.2) is 45.9 Å². The van der Waals surface area contributed by atoms with Gasteiger partial charge >= 0.3 is 0 Å². The summed E-state index contributed by atoms with van der Waals surface area (Å²) in [5, 5.41) is 13.7. The summed E-state index contributed by atoms with van der Waals surface area (Å²) in [6.45, 7) is 1.44. The Morgan fingerprint density at radius 3 is 2.96 bits per heavy atom. The van der Waals surface area contributed by atoms with E-state index in [1.807, 2.05) is 17.8 Å². The maximum atomic E-state index is 11.4. The van der Waals surface area contributed by atoms with Crippen LogP contribution in [0.1, 0.15) is 28.8 Å². The number of amides is 1. The summed E-state index contributed by atoms with van der Waals surface area (Å²) in [6.07, 6.45) is 4.66. The van der Waals surface area contributed by atoms with Crippen molar-refractivity contribution >= 4 is 11.7 Å². The number of hydrogen-bond acceptors (Lipinski definition) is 6. The molecule has 3 heterocycles. The number of imidazole rings is 1. The van der Waals surface area contributed by atoms with Gasteiger partial charge in [0, 0.05) is 45.6 Å². The molecule has 0 aromatic carbocycles. The van der Waals surface area contributed by atoms with Gasteiger partial charge in [-0.05, 0) is 18.6 Å². The van der Waals surface area contributed by atoms with Crippen LogP contribution >= 0.6 is 0 Å². The van der Waals surface area contributed by atoms with E-state index in [2.05, 4.69) is 25.8 Å². The van der Waals surface area contributed by atoms with Crippen LogP contribution in [0.15, 0.2) is 24.5 Å². The first kappa shape index (κ1) is 15.4. The topological polar surface area (TPSA) is 94.0 Å². The highest BCUT2D eigenvalue weighted by Crippen LogP contribution is 2.33. The van der Waals surface area contributed by atoms with Crippen LogP contribution in [0.25, 0.3) is 0 Å². The number of nitrogens with zero attached hydrogens (tertiary/aromatic N) is 4. The second-order valence-electron chi connectivity index (χ2n) is 5.50. The van der Waals surface area contributed by atoms with E-state index >= 15 is 0 Å². The molecule has 1 amide bonds. The van der Waals surface area contributed by atoms with Gasteiger partial charge in [-0.3, -0.25) is 4.79 Å². The lowest BCUT2D eigenvalue weighted by Crippen LogP contribution is -2.22. The average Bonchev–Trinajstić information content (AvgIpc) is 3.20. The van der Waals surface area contributed by atoms with Crippen molar-refractivity contribution in [1.29, 1.82) is 0 Å². The maximum absolute atomic E-state index is 11.4. The van der Waals surface area contributed by atoms with Crippen LogP contribution in [0.2, 0.25) is 0 Å². The Labute approximate surface area is 134 Å². The van der Waals surface area contributed by atoms with Gasteiger partial charge < -0.3 is 19.9 Å². The Kier molecular flexibility index (Phi) is 4.52. The number of nitrogens with one attached hydrogen (secondary N) is 2. The minimum absolute atomic E-state index is 0.0133. The second kappa shape index (κ2) is 6.74. The molecule has 23 heavy (non-hydrogen) atoms. The van der Waals surface area contributed by atoms with Crippen LogP contribution < -0.4 is 10.6 Å². The van der Waals surface area contributed by atoms with Crippen LogP contribution in [0.5, 0.6) is 0 Å². The molecule has 8 heteroatoms. The molecule has 1 saturated heterocycles. The van der Waals surface area contributed by atoms with E-state index in [0.29, 0.717) is 24.0 Å². The predicted molar refractivity (Wildman–Crippen MR) is 83.9 cm³/mol. The zero-order valence-electron chi connectivity index (χ0n) is 13.2. The number of aryl methyl sites for hydroxylation is 1. The Morgan fingerprint density at radius 2 is 2.30 bits per heavy atom. The van der Waals surface area contributed by atoms with Crippen molar-refractivity contribution in [2.75, 3.05) is 25.5 Å². The quantitative estimate of drug-likeness (QED) is 0.846. The first-order valence-corrected chi connectivity index (χ1v) is 7.57. The van der Waals surface area contributed by atoms with E-state index in [0.717, 1.165) is 18.9 Å². The molecular weight excluding hydrogens is 296 g/mol. The molecule has 2 atom stereocenters. The molecule has 0 bridgehead atoms. The molecule has 0 unspecified atom stereocenters. The van der Waals surface area contributed by atoms with Crippen molar-refractivity contribution in [3.63, 3.8) is 0 Å². The van der Waals surface area contributed by atoms with Crippen molar-refractivity contribution in [3.8, 4) is 0 Å². The summed E-state index contributed by atoms with van der Waals surface area (Å²) in [7, 11) is 3.53. The van der Waals surface area contributed by atoms with Crippen LogP contribution in [0.4, 0.5) is 5.82 Å². The first-order chi connectivity index (χ1) is 11.2. The summed E-state index contributed by atoms with van der Waals surface area (Å²) < 4.78 is 7.82.